The first-order valence-electron chi connectivity index (χ1n) is 7.68. The fraction of sp³-hybridized carbons (Fsp3) is 0.733. The molecule has 3 N–H and O–H groups in total. The fourth-order valence-electron chi connectivity index (χ4n) is 3.01. The van der Waals surface area contributed by atoms with Crippen molar-refractivity contribution in [2.45, 2.75) is 45.1 Å². The van der Waals surface area contributed by atoms with E-state index in [0.717, 1.165) is 18.5 Å². The highest BCUT2D eigenvalue weighted by Gasteiger charge is 2.30. The Kier molecular flexibility index (Phi) is 5.36. The minimum atomic E-state index is -0.0772. The second-order valence-corrected chi connectivity index (χ2v) is 6.23. The summed E-state index contributed by atoms with van der Waals surface area (Å²) >= 11 is 0. The van der Waals surface area contributed by atoms with E-state index in [2.05, 4.69) is 15.4 Å². The van der Waals surface area contributed by atoms with Crippen LogP contribution in [0.5, 0.6) is 0 Å². The van der Waals surface area contributed by atoms with Crippen molar-refractivity contribution in [3.63, 3.8) is 0 Å². The van der Waals surface area contributed by atoms with E-state index in [1.54, 1.807) is 6.07 Å². The van der Waals surface area contributed by atoms with Crippen LogP contribution in [0.3, 0.4) is 0 Å². The zero-order chi connectivity index (χ0) is 15.4. The van der Waals surface area contributed by atoms with Crippen LogP contribution in [0.25, 0.3) is 0 Å². The number of carbonyl (C=O) groups is 1. The van der Waals surface area contributed by atoms with Crippen molar-refractivity contribution >= 4 is 11.8 Å². The second kappa shape index (κ2) is 7.04. The molecule has 1 aliphatic rings. The number of nitrogens with two attached hydrogens (primary N) is 1. The molecule has 1 aromatic rings. The summed E-state index contributed by atoms with van der Waals surface area (Å²) in [6.07, 6.45) is 3.47. The highest BCUT2D eigenvalue weighted by Crippen LogP contribution is 2.28. The topological polar surface area (TPSA) is 84.4 Å². The predicted molar refractivity (Wildman–Crippen MR) is 82.0 cm³/mol. The van der Waals surface area contributed by atoms with Crippen LogP contribution in [0, 0.1) is 5.92 Å². The number of nitrogens with one attached hydrogen (secondary N) is 1. The molecule has 0 bridgehead atoms. The highest BCUT2D eigenvalue weighted by atomic mass is 16.5. The maximum absolute atomic E-state index is 12.1. The number of aromatic nitrogens is 1. The van der Waals surface area contributed by atoms with Crippen molar-refractivity contribution in [2.75, 3.05) is 25.5 Å². The number of nitrogens with zero attached hydrogens (tertiary/aromatic N) is 2. The van der Waals surface area contributed by atoms with Crippen molar-refractivity contribution in [1.29, 1.82) is 0 Å². The molecule has 0 aromatic carbocycles. The number of hydrogen-bond acceptors (Lipinski definition) is 5. The fourth-order valence-corrected chi connectivity index (χ4v) is 3.01. The Morgan fingerprint density at radius 2 is 2.33 bits per heavy atom. The molecule has 0 aliphatic heterocycles. The van der Waals surface area contributed by atoms with E-state index in [1.165, 1.54) is 6.42 Å². The molecule has 0 radical (unpaired) electrons. The summed E-state index contributed by atoms with van der Waals surface area (Å²) < 4.78 is 5.13. The van der Waals surface area contributed by atoms with Crippen molar-refractivity contribution in [2.24, 2.45) is 11.7 Å². The lowest BCUT2D eigenvalue weighted by atomic mass is 10.0. The largest absolute Gasteiger partial charge is 0.338 e. The van der Waals surface area contributed by atoms with Crippen molar-refractivity contribution in [1.82, 2.24) is 10.1 Å². The summed E-state index contributed by atoms with van der Waals surface area (Å²) in [4.78, 5) is 14.2. The van der Waals surface area contributed by atoms with E-state index in [4.69, 9.17) is 10.3 Å². The molecule has 1 fully saturated rings. The van der Waals surface area contributed by atoms with Crippen molar-refractivity contribution in [3.05, 3.63) is 11.8 Å². The summed E-state index contributed by atoms with van der Waals surface area (Å²) in [5.41, 5.74) is 6.64. The van der Waals surface area contributed by atoms with E-state index in [9.17, 15) is 4.79 Å². The monoisotopic (exact) mass is 294 g/mol. The third-order valence-electron chi connectivity index (χ3n) is 4.26. The molecular weight excluding hydrogens is 268 g/mol. The lowest BCUT2D eigenvalue weighted by molar-refractivity contribution is -0.117. The summed E-state index contributed by atoms with van der Waals surface area (Å²) in [5, 5.41) is 6.69. The Hall–Kier alpha value is -1.40. The first-order chi connectivity index (χ1) is 10.0. The van der Waals surface area contributed by atoms with Crippen LogP contribution < -0.4 is 11.1 Å². The second-order valence-electron chi connectivity index (χ2n) is 6.23. The summed E-state index contributed by atoms with van der Waals surface area (Å²) in [5.74, 6) is 1.12. The minimum Gasteiger partial charge on any atom is -0.338 e. The molecule has 21 heavy (non-hydrogen) atoms. The Morgan fingerprint density at radius 3 is 2.95 bits per heavy atom. The van der Waals surface area contributed by atoms with Gasteiger partial charge in [0, 0.05) is 12.1 Å². The van der Waals surface area contributed by atoms with Crippen LogP contribution in [-0.4, -0.2) is 42.1 Å². The smallest absolute Gasteiger partial charge is 0.240 e. The lowest BCUT2D eigenvalue weighted by Gasteiger charge is -2.28. The summed E-state index contributed by atoms with van der Waals surface area (Å²) in [7, 11) is 1.98. The van der Waals surface area contributed by atoms with Gasteiger partial charge in [-0.25, -0.2) is 0 Å². The molecule has 2 rings (SSSR count). The van der Waals surface area contributed by atoms with Gasteiger partial charge in [0.05, 0.1) is 12.2 Å². The van der Waals surface area contributed by atoms with Gasteiger partial charge in [-0.05, 0) is 38.3 Å². The number of carbonyl (C=O) groups excluding carboxylic acids is 1. The van der Waals surface area contributed by atoms with Crippen LogP contribution in [0.1, 0.15) is 44.7 Å². The van der Waals surface area contributed by atoms with Crippen LogP contribution in [-0.2, 0) is 4.79 Å². The molecule has 1 aromatic heterocycles. The van der Waals surface area contributed by atoms with Crippen LogP contribution in [0.15, 0.2) is 10.6 Å². The number of likely N-dealkylation sites (N-methyl/N-ethyl adjacent to an activating group) is 1. The van der Waals surface area contributed by atoms with Gasteiger partial charge >= 0.3 is 0 Å². The van der Waals surface area contributed by atoms with Crippen LogP contribution >= 0.6 is 0 Å². The Balaban J connectivity index is 1.86. The lowest BCUT2D eigenvalue weighted by Crippen LogP contribution is -2.41. The average molecular weight is 294 g/mol. The maximum atomic E-state index is 12.1. The average Bonchev–Trinajstić information content (AvgIpc) is 3.06. The standard InChI is InChI=1S/C15H26N4O2/c1-10(2)12-7-15(21-18-12)17-14(20)9-19(3)13-6-4-5-11(13)8-16/h7,10-11,13H,4-6,8-9,16H2,1-3H3,(H,17,20). The molecule has 6 nitrogen and oxygen atoms in total. The number of hydrogen-bond donors (Lipinski definition) is 2. The summed E-state index contributed by atoms with van der Waals surface area (Å²) in [6.45, 7) is 5.10. The normalized spacial score (nSPS) is 22.2. The van der Waals surface area contributed by atoms with Gasteiger partial charge in [0.15, 0.2) is 0 Å². The summed E-state index contributed by atoms with van der Waals surface area (Å²) in [6, 6.07) is 2.18. The first-order valence-corrected chi connectivity index (χ1v) is 7.68. The Morgan fingerprint density at radius 1 is 1.57 bits per heavy atom. The van der Waals surface area contributed by atoms with Gasteiger partial charge in [-0.3, -0.25) is 15.0 Å². The van der Waals surface area contributed by atoms with Gasteiger partial charge in [-0.15, -0.1) is 0 Å². The third-order valence-corrected chi connectivity index (χ3v) is 4.26. The van der Waals surface area contributed by atoms with Gasteiger partial charge in [0.25, 0.3) is 0 Å². The molecule has 1 amide bonds. The number of amides is 1. The zero-order valence-electron chi connectivity index (χ0n) is 13.1. The molecule has 2 atom stereocenters. The Labute approximate surface area is 126 Å². The third kappa shape index (κ3) is 4.04. The van der Waals surface area contributed by atoms with E-state index >= 15 is 0 Å². The van der Waals surface area contributed by atoms with E-state index < -0.39 is 0 Å². The molecule has 1 heterocycles. The van der Waals surface area contributed by atoms with Gasteiger partial charge in [-0.2, -0.15) is 0 Å². The molecule has 6 heteroatoms. The van der Waals surface area contributed by atoms with E-state index in [0.29, 0.717) is 30.9 Å². The molecule has 0 spiro atoms. The van der Waals surface area contributed by atoms with Crippen molar-refractivity contribution < 1.29 is 9.32 Å². The van der Waals surface area contributed by atoms with Crippen LogP contribution in [0.4, 0.5) is 5.88 Å². The highest BCUT2D eigenvalue weighted by molar-refractivity contribution is 5.90. The molecule has 1 saturated carbocycles. The number of rotatable bonds is 6. The predicted octanol–water partition coefficient (Wildman–Crippen LogP) is 1.80. The Bertz CT molecular complexity index is 472. The first kappa shape index (κ1) is 16.0. The maximum Gasteiger partial charge on any atom is 0.240 e. The van der Waals surface area contributed by atoms with E-state index in [-0.39, 0.29) is 11.8 Å². The molecular formula is C15H26N4O2. The zero-order valence-corrected chi connectivity index (χ0v) is 13.1. The molecule has 0 saturated heterocycles. The molecule has 2 unspecified atom stereocenters. The van der Waals surface area contributed by atoms with Gasteiger partial charge in [-0.1, -0.05) is 25.4 Å². The van der Waals surface area contributed by atoms with Gasteiger partial charge in [0.1, 0.15) is 0 Å². The molecule has 1 aliphatic carbocycles. The number of anilines is 1. The van der Waals surface area contributed by atoms with Crippen molar-refractivity contribution in [3.8, 4) is 0 Å². The van der Waals surface area contributed by atoms with Crippen LogP contribution in [0.2, 0.25) is 0 Å². The quantitative estimate of drug-likeness (QED) is 0.835. The molecule has 118 valence electrons. The minimum absolute atomic E-state index is 0.0772. The van der Waals surface area contributed by atoms with Gasteiger partial charge in [0.2, 0.25) is 11.8 Å². The SMILES string of the molecule is CC(C)c1cc(NC(=O)CN(C)C2CCCC2CN)on1. The van der Waals surface area contributed by atoms with E-state index in [1.807, 2.05) is 20.9 Å². The van der Waals surface area contributed by atoms with Gasteiger partial charge < -0.3 is 10.3 Å².